The van der Waals surface area contributed by atoms with E-state index < -0.39 is 29.7 Å². The minimum absolute atomic E-state index is 0.121. The largest absolute Gasteiger partial charge is 0.444 e. The Balaban J connectivity index is 2.36. The van der Waals surface area contributed by atoms with Crippen LogP contribution in [0.2, 0.25) is 0 Å². The first-order valence-electron chi connectivity index (χ1n) is 11.7. The van der Waals surface area contributed by atoms with Crippen molar-refractivity contribution in [1.29, 1.82) is 0 Å². The summed E-state index contributed by atoms with van der Waals surface area (Å²) in [6.07, 6.45) is 0.865. The minimum atomic E-state index is -0.916. The highest BCUT2D eigenvalue weighted by atomic mass is 16.6. The van der Waals surface area contributed by atoms with Gasteiger partial charge in [0.15, 0.2) is 0 Å². The first kappa shape index (κ1) is 27.6. The second-order valence-corrected chi connectivity index (χ2v) is 9.60. The van der Waals surface area contributed by atoms with E-state index in [-0.39, 0.29) is 12.5 Å². The summed E-state index contributed by atoms with van der Waals surface area (Å²) in [4.78, 5) is 40.7. The van der Waals surface area contributed by atoms with Crippen molar-refractivity contribution in [1.82, 2.24) is 15.5 Å². The number of nitrogens with zero attached hydrogens (tertiary/aromatic N) is 1. The molecule has 2 aromatic carbocycles. The summed E-state index contributed by atoms with van der Waals surface area (Å²) in [7, 11) is 0. The molecule has 0 spiro atoms. The van der Waals surface area contributed by atoms with E-state index in [9.17, 15) is 14.4 Å². The maximum absolute atomic E-state index is 13.5. The van der Waals surface area contributed by atoms with Crippen LogP contribution in [0.25, 0.3) is 0 Å². The average molecular weight is 480 g/mol. The molecule has 7 nitrogen and oxygen atoms in total. The Morgan fingerprint density at radius 1 is 1.06 bits per heavy atom. The van der Waals surface area contributed by atoms with Gasteiger partial charge >= 0.3 is 6.09 Å². The van der Waals surface area contributed by atoms with Crippen molar-refractivity contribution in [2.24, 2.45) is 0 Å². The van der Waals surface area contributed by atoms with Gasteiger partial charge in [0.2, 0.25) is 11.8 Å². The first-order valence-corrected chi connectivity index (χ1v) is 11.7. The molecule has 2 unspecified atom stereocenters. The van der Waals surface area contributed by atoms with Crippen molar-refractivity contribution in [2.45, 2.75) is 65.8 Å². The van der Waals surface area contributed by atoms with Gasteiger partial charge < -0.3 is 20.3 Å². The van der Waals surface area contributed by atoms with E-state index in [4.69, 9.17) is 4.74 Å². The van der Waals surface area contributed by atoms with Gasteiger partial charge in [-0.15, -0.1) is 6.58 Å². The van der Waals surface area contributed by atoms with E-state index >= 15 is 0 Å². The Kier molecular flexibility index (Phi) is 9.63. The van der Waals surface area contributed by atoms with Crippen molar-refractivity contribution in [3.63, 3.8) is 0 Å². The fourth-order valence-corrected chi connectivity index (χ4v) is 3.55. The molecule has 7 heteroatoms. The molecule has 0 fully saturated rings. The number of rotatable bonds is 9. The molecular formula is C28H37N3O4. The zero-order valence-corrected chi connectivity index (χ0v) is 21.6. The molecule has 0 bridgehead atoms. The van der Waals surface area contributed by atoms with Gasteiger partial charge in [-0.25, -0.2) is 4.79 Å². The van der Waals surface area contributed by atoms with E-state index in [0.29, 0.717) is 12.1 Å². The van der Waals surface area contributed by atoms with Crippen LogP contribution in [-0.4, -0.2) is 41.0 Å². The third-order valence-corrected chi connectivity index (χ3v) is 5.43. The Hall–Kier alpha value is -3.61. The number of aryl methyl sites for hydroxylation is 2. The summed E-state index contributed by atoms with van der Waals surface area (Å²) >= 11 is 0. The van der Waals surface area contributed by atoms with Gasteiger partial charge in [0.25, 0.3) is 0 Å². The minimum Gasteiger partial charge on any atom is -0.444 e. The number of alkyl carbamates (subject to hydrolysis) is 1. The molecule has 3 amide bonds. The Labute approximate surface area is 208 Å². The standard InChI is InChI=1S/C28H37N3O4/c1-8-16-31(26(33)21(4)30-27(34)35-28(5,6)7)24(23-15-14-19(2)20(3)17-23)25(32)29-18-22-12-10-9-11-13-22/h8-15,17,21,24H,1,16,18H2,2-7H3,(H,29,32)(H,30,34). The topological polar surface area (TPSA) is 87.7 Å². The summed E-state index contributed by atoms with van der Waals surface area (Å²) in [5.41, 5.74) is 3.01. The summed E-state index contributed by atoms with van der Waals surface area (Å²) in [5, 5.41) is 5.54. The molecule has 0 aliphatic carbocycles. The fraction of sp³-hybridized carbons (Fsp3) is 0.393. The summed E-state index contributed by atoms with van der Waals surface area (Å²) in [5.74, 6) is -0.745. The Bertz CT molecular complexity index is 1040. The highest BCUT2D eigenvalue weighted by molar-refractivity contribution is 5.92. The molecule has 2 atom stereocenters. The molecule has 2 rings (SSSR count). The van der Waals surface area contributed by atoms with Crippen LogP contribution in [0.3, 0.4) is 0 Å². The molecule has 0 saturated carbocycles. The molecule has 0 saturated heterocycles. The molecule has 0 radical (unpaired) electrons. The van der Waals surface area contributed by atoms with Crippen molar-refractivity contribution >= 4 is 17.9 Å². The van der Waals surface area contributed by atoms with Crippen molar-refractivity contribution in [3.8, 4) is 0 Å². The maximum Gasteiger partial charge on any atom is 0.408 e. The number of benzene rings is 2. The number of amides is 3. The predicted molar refractivity (Wildman–Crippen MR) is 138 cm³/mol. The van der Waals surface area contributed by atoms with Crippen LogP contribution in [-0.2, 0) is 20.9 Å². The SMILES string of the molecule is C=CCN(C(=O)C(C)NC(=O)OC(C)(C)C)C(C(=O)NCc1ccccc1)c1ccc(C)c(C)c1. The van der Waals surface area contributed by atoms with Crippen LogP contribution in [0.5, 0.6) is 0 Å². The van der Waals surface area contributed by atoms with E-state index in [0.717, 1.165) is 16.7 Å². The van der Waals surface area contributed by atoms with E-state index in [1.54, 1.807) is 33.8 Å². The monoisotopic (exact) mass is 479 g/mol. The maximum atomic E-state index is 13.5. The second kappa shape index (κ2) is 12.2. The number of hydrogen-bond donors (Lipinski definition) is 2. The van der Waals surface area contributed by atoms with Crippen LogP contribution in [0.15, 0.2) is 61.2 Å². The lowest BCUT2D eigenvalue weighted by molar-refractivity contribution is -0.141. The smallest absolute Gasteiger partial charge is 0.408 e. The molecule has 2 aromatic rings. The molecule has 2 N–H and O–H groups in total. The van der Waals surface area contributed by atoms with E-state index in [2.05, 4.69) is 17.2 Å². The van der Waals surface area contributed by atoms with Crippen molar-refractivity contribution < 1.29 is 19.1 Å². The van der Waals surface area contributed by atoms with E-state index in [1.807, 2.05) is 62.4 Å². The third kappa shape index (κ3) is 8.28. The van der Waals surface area contributed by atoms with Gasteiger partial charge in [0, 0.05) is 13.1 Å². The molecule has 0 heterocycles. The van der Waals surface area contributed by atoms with Gasteiger partial charge in [-0.2, -0.15) is 0 Å². The van der Waals surface area contributed by atoms with Gasteiger partial charge in [-0.05, 0) is 63.8 Å². The lowest BCUT2D eigenvalue weighted by Gasteiger charge is -2.33. The normalized spacial score (nSPS) is 12.7. The molecule has 0 aliphatic heterocycles. The fourth-order valence-electron chi connectivity index (χ4n) is 3.55. The second-order valence-electron chi connectivity index (χ2n) is 9.60. The molecule has 0 aromatic heterocycles. The van der Waals surface area contributed by atoms with Crippen LogP contribution in [0.4, 0.5) is 4.79 Å². The van der Waals surface area contributed by atoms with Crippen molar-refractivity contribution in [2.75, 3.05) is 6.54 Å². The number of hydrogen-bond acceptors (Lipinski definition) is 4. The number of carbonyl (C=O) groups is 3. The quantitative estimate of drug-likeness (QED) is 0.515. The highest BCUT2D eigenvalue weighted by Gasteiger charge is 2.34. The van der Waals surface area contributed by atoms with Crippen LogP contribution >= 0.6 is 0 Å². The lowest BCUT2D eigenvalue weighted by atomic mass is 9.98. The zero-order chi connectivity index (χ0) is 26.2. The van der Waals surface area contributed by atoms with E-state index in [1.165, 1.54) is 4.90 Å². The highest BCUT2D eigenvalue weighted by Crippen LogP contribution is 2.25. The zero-order valence-electron chi connectivity index (χ0n) is 21.6. The van der Waals surface area contributed by atoms with Gasteiger partial charge in [-0.3, -0.25) is 9.59 Å². The Morgan fingerprint density at radius 3 is 2.29 bits per heavy atom. The van der Waals surface area contributed by atoms with Gasteiger partial charge in [-0.1, -0.05) is 54.6 Å². The number of carbonyl (C=O) groups excluding carboxylic acids is 3. The van der Waals surface area contributed by atoms with Gasteiger partial charge in [0.1, 0.15) is 17.7 Å². The summed E-state index contributed by atoms with van der Waals surface area (Å²) in [6.45, 7) is 15.0. The number of nitrogens with one attached hydrogen (secondary N) is 2. The van der Waals surface area contributed by atoms with Gasteiger partial charge in [0.05, 0.1) is 0 Å². The van der Waals surface area contributed by atoms with Crippen LogP contribution in [0, 0.1) is 13.8 Å². The third-order valence-electron chi connectivity index (χ3n) is 5.43. The van der Waals surface area contributed by atoms with Crippen LogP contribution in [0.1, 0.15) is 56.0 Å². The molecular weight excluding hydrogens is 442 g/mol. The lowest BCUT2D eigenvalue weighted by Crippen LogP contribution is -2.52. The predicted octanol–water partition coefficient (Wildman–Crippen LogP) is 4.59. The Morgan fingerprint density at radius 2 is 1.71 bits per heavy atom. The van der Waals surface area contributed by atoms with Crippen LogP contribution < -0.4 is 10.6 Å². The summed E-state index contributed by atoms with van der Waals surface area (Å²) in [6, 6.07) is 13.4. The first-order chi connectivity index (χ1) is 16.4. The van der Waals surface area contributed by atoms with Crippen molar-refractivity contribution in [3.05, 3.63) is 83.4 Å². The summed E-state index contributed by atoms with van der Waals surface area (Å²) < 4.78 is 5.29. The molecule has 35 heavy (non-hydrogen) atoms. The number of ether oxygens (including phenoxy) is 1. The average Bonchev–Trinajstić information content (AvgIpc) is 2.78. The molecule has 0 aliphatic rings. The molecule has 188 valence electrons.